The molecule has 1 N–H and O–H groups in total. The summed E-state index contributed by atoms with van der Waals surface area (Å²) in [6.07, 6.45) is 1.66. The number of carbonyl (C=O) groups is 1. The highest BCUT2D eigenvalue weighted by atomic mass is 35.5. The number of likely N-dealkylation sites (tertiary alicyclic amines) is 1. The molecule has 3 rings (SSSR count). The predicted molar refractivity (Wildman–Crippen MR) is 120 cm³/mol. The van der Waals surface area contributed by atoms with Crippen LogP contribution in [0, 0.1) is 0 Å². The number of anilines is 1. The van der Waals surface area contributed by atoms with Gasteiger partial charge in [-0.2, -0.15) is 13.2 Å². The van der Waals surface area contributed by atoms with Crippen molar-refractivity contribution in [1.29, 1.82) is 0 Å². The number of benzene rings is 1. The Kier molecular flexibility index (Phi) is 8.61. The highest BCUT2D eigenvalue weighted by Crippen LogP contribution is 2.34. The maximum Gasteiger partial charge on any atom is 0.416 e. The second kappa shape index (κ2) is 11.2. The third-order valence-electron chi connectivity index (χ3n) is 5.11. The van der Waals surface area contributed by atoms with Crippen LogP contribution in [0.1, 0.15) is 30.7 Å². The van der Waals surface area contributed by atoms with Gasteiger partial charge in [-0.25, -0.2) is 0 Å². The van der Waals surface area contributed by atoms with E-state index in [1.807, 2.05) is 4.57 Å². The third-order valence-corrected chi connectivity index (χ3v) is 6.40. The first-order chi connectivity index (χ1) is 15.3. The van der Waals surface area contributed by atoms with E-state index in [1.54, 1.807) is 6.08 Å². The third kappa shape index (κ3) is 6.73. The van der Waals surface area contributed by atoms with Crippen LogP contribution in [0.4, 0.5) is 18.9 Å². The molecule has 1 aliphatic heterocycles. The van der Waals surface area contributed by atoms with Gasteiger partial charge >= 0.3 is 6.18 Å². The van der Waals surface area contributed by atoms with Crippen molar-refractivity contribution < 1.29 is 18.0 Å². The van der Waals surface area contributed by atoms with Gasteiger partial charge in [0.15, 0.2) is 5.16 Å². The molecule has 174 valence electrons. The summed E-state index contributed by atoms with van der Waals surface area (Å²) in [5.41, 5.74) is -0.962. The van der Waals surface area contributed by atoms with Gasteiger partial charge in [-0.15, -0.1) is 16.8 Å². The van der Waals surface area contributed by atoms with Gasteiger partial charge in [0, 0.05) is 19.5 Å². The molecule has 1 amide bonds. The Hall–Kier alpha value is -2.04. The molecular weight excluding hydrogens is 463 g/mol. The number of carbonyl (C=O) groups excluding carboxylic acids is 1. The van der Waals surface area contributed by atoms with Gasteiger partial charge in [0.1, 0.15) is 5.82 Å². The molecule has 1 aromatic heterocycles. The molecule has 0 saturated carbocycles. The zero-order valence-electron chi connectivity index (χ0n) is 17.5. The minimum atomic E-state index is -4.52. The van der Waals surface area contributed by atoms with Crippen LogP contribution < -0.4 is 5.32 Å². The summed E-state index contributed by atoms with van der Waals surface area (Å²) in [4.78, 5) is 14.8. The second-order valence-electron chi connectivity index (χ2n) is 7.48. The SMILES string of the molecule is C=CCn1c(CCN2CCCCC2)nnc1SCC(=O)Nc1cc(C(F)(F)F)ccc1Cl. The summed E-state index contributed by atoms with van der Waals surface area (Å²) in [6.45, 7) is 7.36. The first-order valence-electron chi connectivity index (χ1n) is 10.3. The van der Waals surface area contributed by atoms with E-state index in [1.165, 1.54) is 19.3 Å². The Labute approximate surface area is 194 Å². The highest BCUT2D eigenvalue weighted by Gasteiger charge is 2.31. The Bertz CT molecular complexity index is 944. The molecule has 32 heavy (non-hydrogen) atoms. The average molecular weight is 488 g/mol. The van der Waals surface area contributed by atoms with Crippen LogP contribution in [-0.2, 0) is 23.9 Å². The molecule has 0 unspecified atom stereocenters. The number of alkyl halides is 3. The first kappa shape index (κ1) is 24.6. The van der Waals surface area contributed by atoms with Crippen molar-refractivity contribution in [1.82, 2.24) is 19.7 Å². The number of piperidine rings is 1. The quantitative estimate of drug-likeness (QED) is 0.403. The Morgan fingerprint density at radius 1 is 1.25 bits per heavy atom. The predicted octanol–water partition coefficient (Wildman–Crippen LogP) is 4.90. The van der Waals surface area contributed by atoms with Gasteiger partial charge in [-0.3, -0.25) is 4.79 Å². The standard InChI is InChI=1S/C21H25ClF3N5OS/c1-2-9-30-18(8-12-29-10-4-3-5-11-29)27-28-20(30)32-14-19(31)26-17-13-15(21(23,24)25)6-7-16(17)22/h2,6-7,13H,1,3-5,8-12,14H2,(H,26,31). The highest BCUT2D eigenvalue weighted by molar-refractivity contribution is 7.99. The van der Waals surface area contributed by atoms with Crippen molar-refractivity contribution in [3.8, 4) is 0 Å². The molecule has 2 aromatic rings. The van der Waals surface area contributed by atoms with Crippen LogP contribution in [-0.4, -0.2) is 51.0 Å². The smallest absolute Gasteiger partial charge is 0.324 e. The van der Waals surface area contributed by atoms with Crippen LogP contribution in [0.2, 0.25) is 5.02 Å². The first-order valence-corrected chi connectivity index (χ1v) is 11.7. The molecule has 0 radical (unpaired) electrons. The number of amides is 1. The molecule has 0 atom stereocenters. The maximum atomic E-state index is 12.9. The molecule has 0 bridgehead atoms. The fourth-order valence-electron chi connectivity index (χ4n) is 3.48. The largest absolute Gasteiger partial charge is 0.416 e. The normalized spacial score (nSPS) is 15.0. The maximum absolute atomic E-state index is 12.9. The molecule has 11 heteroatoms. The van der Waals surface area contributed by atoms with E-state index in [0.717, 1.165) is 61.8 Å². The van der Waals surface area contributed by atoms with Crippen LogP contribution in [0.15, 0.2) is 36.0 Å². The van der Waals surface area contributed by atoms with Gasteiger partial charge in [0.25, 0.3) is 0 Å². The topological polar surface area (TPSA) is 63.1 Å². The number of hydrogen-bond acceptors (Lipinski definition) is 5. The number of nitrogens with one attached hydrogen (secondary N) is 1. The van der Waals surface area contributed by atoms with E-state index < -0.39 is 17.6 Å². The summed E-state index contributed by atoms with van der Waals surface area (Å²) >= 11 is 7.11. The number of thioether (sulfide) groups is 1. The van der Waals surface area contributed by atoms with Crippen molar-refractivity contribution in [3.63, 3.8) is 0 Å². The second-order valence-corrected chi connectivity index (χ2v) is 8.83. The number of hydrogen-bond donors (Lipinski definition) is 1. The van der Waals surface area contributed by atoms with E-state index in [9.17, 15) is 18.0 Å². The van der Waals surface area contributed by atoms with E-state index in [4.69, 9.17) is 11.6 Å². The molecule has 2 heterocycles. The Morgan fingerprint density at radius 3 is 2.69 bits per heavy atom. The van der Waals surface area contributed by atoms with Crippen LogP contribution in [0.3, 0.4) is 0 Å². The lowest BCUT2D eigenvalue weighted by atomic mass is 10.1. The summed E-state index contributed by atoms with van der Waals surface area (Å²) in [6, 6.07) is 2.81. The molecule has 6 nitrogen and oxygen atoms in total. The van der Waals surface area contributed by atoms with E-state index in [0.29, 0.717) is 11.7 Å². The van der Waals surface area contributed by atoms with Crippen LogP contribution in [0.25, 0.3) is 0 Å². The number of aromatic nitrogens is 3. The van der Waals surface area contributed by atoms with Crippen molar-refractivity contribution in [2.24, 2.45) is 0 Å². The number of nitrogens with zero attached hydrogens (tertiary/aromatic N) is 4. The summed E-state index contributed by atoms with van der Waals surface area (Å²) in [7, 11) is 0. The number of allylic oxidation sites excluding steroid dienone is 1. The number of halogens is 4. The monoisotopic (exact) mass is 487 g/mol. The lowest BCUT2D eigenvalue weighted by Gasteiger charge is -2.26. The van der Waals surface area contributed by atoms with Crippen LogP contribution in [0.5, 0.6) is 0 Å². The summed E-state index contributed by atoms with van der Waals surface area (Å²) < 4.78 is 40.7. The van der Waals surface area contributed by atoms with E-state index >= 15 is 0 Å². The van der Waals surface area contributed by atoms with Crippen molar-refractivity contribution in [2.45, 2.75) is 43.6 Å². The van der Waals surface area contributed by atoms with Crippen molar-refractivity contribution >= 4 is 35.0 Å². The average Bonchev–Trinajstić information content (AvgIpc) is 3.14. The zero-order valence-corrected chi connectivity index (χ0v) is 19.1. The zero-order chi connectivity index (χ0) is 23.1. The molecule has 1 aromatic carbocycles. The lowest BCUT2D eigenvalue weighted by Crippen LogP contribution is -2.32. The van der Waals surface area contributed by atoms with Gasteiger partial charge in [-0.05, 0) is 44.1 Å². The van der Waals surface area contributed by atoms with Crippen molar-refractivity contribution in [2.75, 3.05) is 30.7 Å². The molecule has 1 saturated heterocycles. The minimum absolute atomic E-state index is 0.0335. The minimum Gasteiger partial charge on any atom is -0.324 e. The Morgan fingerprint density at radius 2 is 2.00 bits per heavy atom. The fourth-order valence-corrected chi connectivity index (χ4v) is 4.41. The molecule has 1 aliphatic rings. The summed E-state index contributed by atoms with van der Waals surface area (Å²) in [5, 5.41) is 11.5. The lowest BCUT2D eigenvalue weighted by molar-refractivity contribution is -0.137. The molecule has 0 spiro atoms. The number of rotatable bonds is 9. The molecule has 1 fully saturated rings. The van der Waals surface area contributed by atoms with E-state index in [2.05, 4.69) is 27.0 Å². The van der Waals surface area contributed by atoms with Gasteiger partial charge in [0.2, 0.25) is 5.91 Å². The molecule has 0 aliphatic carbocycles. The van der Waals surface area contributed by atoms with Gasteiger partial charge < -0.3 is 14.8 Å². The fraction of sp³-hybridized carbons (Fsp3) is 0.476. The Balaban J connectivity index is 1.60. The van der Waals surface area contributed by atoms with E-state index in [-0.39, 0.29) is 16.5 Å². The summed E-state index contributed by atoms with van der Waals surface area (Å²) in [5.74, 6) is 0.284. The van der Waals surface area contributed by atoms with Gasteiger partial charge in [-0.1, -0.05) is 35.9 Å². The van der Waals surface area contributed by atoms with Gasteiger partial charge in [0.05, 0.1) is 22.0 Å². The van der Waals surface area contributed by atoms with Crippen molar-refractivity contribution in [3.05, 3.63) is 47.3 Å². The molecular formula is C21H25ClF3N5OS. The van der Waals surface area contributed by atoms with Crippen LogP contribution >= 0.6 is 23.4 Å².